The minimum atomic E-state index is -0.737. The van der Waals surface area contributed by atoms with E-state index >= 15 is 0 Å². The number of nitrogens with zero attached hydrogens (tertiary/aromatic N) is 2. The third kappa shape index (κ3) is 3.02. The first-order valence-corrected chi connectivity index (χ1v) is 6.28. The van der Waals surface area contributed by atoms with Gasteiger partial charge in [0.2, 0.25) is 0 Å². The normalized spacial score (nSPS) is 23.4. The first-order valence-electron chi connectivity index (χ1n) is 6.28. The molecule has 1 aromatic carbocycles. The Hall–Kier alpha value is -1.66. The molecule has 1 aliphatic rings. The van der Waals surface area contributed by atoms with Crippen molar-refractivity contribution in [1.29, 1.82) is 0 Å². The van der Waals surface area contributed by atoms with Crippen LogP contribution in [0.5, 0.6) is 0 Å². The summed E-state index contributed by atoms with van der Waals surface area (Å²) >= 11 is 0. The van der Waals surface area contributed by atoms with Crippen LogP contribution in [0.4, 0.5) is 11.4 Å². The molecule has 1 atom stereocenters. The van der Waals surface area contributed by atoms with Crippen LogP contribution in [0.2, 0.25) is 0 Å². The van der Waals surface area contributed by atoms with Gasteiger partial charge in [-0.3, -0.25) is 10.1 Å². The predicted octanol–water partition coefficient (Wildman–Crippen LogP) is 1.44. The monoisotopic (exact) mass is 266 g/mol. The number of hydrogen-bond acceptors (Lipinski definition) is 5. The quantitative estimate of drug-likeness (QED) is 0.638. The molecule has 0 saturated carbocycles. The van der Waals surface area contributed by atoms with Crippen molar-refractivity contribution in [3.8, 4) is 0 Å². The minimum Gasteiger partial charge on any atom is -0.391 e. The zero-order valence-electron chi connectivity index (χ0n) is 10.9. The van der Waals surface area contributed by atoms with Crippen LogP contribution < -0.4 is 4.90 Å². The Labute approximate surface area is 111 Å². The molecule has 1 aromatic rings. The lowest BCUT2D eigenvalue weighted by molar-refractivity contribution is -0.385. The fourth-order valence-corrected chi connectivity index (χ4v) is 2.51. The molecule has 1 unspecified atom stereocenters. The Morgan fingerprint density at radius 2 is 2.26 bits per heavy atom. The van der Waals surface area contributed by atoms with Gasteiger partial charge in [-0.2, -0.15) is 0 Å². The molecule has 0 bridgehead atoms. The van der Waals surface area contributed by atoms with Gasteiger partial charge in [0.25, 0.3) is 5.69 Å². The van der Waals surface area contributed by atoms with E-state index in [1.54, 1.807) is 19.1 Å². The van der Waals surface area contributed by atoms with Crippen LogP contribution in [0.15, 0.2) is 18.2 Å². The van der Waals surface area contributed by atoms with Crippen molar-refractivity contribution < 1.29 is 15.1 Å². The SMILES string of the molecule is CC1(O)CCCN(c2ccc([N+](=O)[O-])c(CO)c2)C1. The van der Waals surface area contributed by atoms with Crippen LogP contribution in [0.3, 0.4) is 0 Å². The Bertz CT molecular complexity index is 488. The maximum absolute atomic E-state index is 10.8. The fourth-order valence-electron chi connectivity index (χ4n) is 2.51. The van der Waals surface area contributed by atoms with E-state index in [1.807, 2.05) is 4.90 Å². The standard InChI is InChI=1S/C13H18N2O4/c1-13(17)5-2-6-14(9-13)11-3-4-12(15(18)19)10(7-11)8-16/h3-4,7,16-17H,2,5-6,8-9H2,1H3. The maximum Gasteiger partial charge on any atom is 0.275 e. The van der Waals surface area contributed by atoms with E-state index in [0.29, 0.717) is 12.1 Å². The number of rotatable bonds is 3. The molecule has 6 nitrogen and oxygen atoms in total. The molecule has 0 radical (unpaired) electrons. The van der Waals surface area contributed by atoms with Gasteiger partial charge < -0.3 is 15.1 Å². The third-order valence-electron chi connectivity index (χ3n) is 3.47. The van der Waals surface area contributed by atoms with E-state index in [2.05, 4.69) is 0 Å². The highest BCUT2D eigenvalue weighted by atomic mass is 16.6. The topological polar surface area (TPSA) is 86.8 Å². The molecule has 2 rings (SSSR count). The summed E-state index contributed by atoms with van der Waals surface area (Å²) in [5.41, 5.74) is 0.289. The maximum atomic E-state index is 10.8. The average Bonchev–Trinajstić information content (AvgIpc) is 2.36. The Kier molecular flexibility index (Phi) is 3.73. The van der Waals surface area contributed by atoms with Gasteiger partial charge >= 0.3 is 0 Å². The summed E-state index contributed by atoms with van der Waals surface area (Å²) in [6, 6.07) is 4.70. The summed E-state index contributed by atoms with van der Waals surface area (Å²) < 4.78 is 0. The number of nitro groups is 1. The van der Waals surface area contributed by atoms with Crippen molar-refractivity contribution >= 4 is 11.4 Å². The third-order valence-corrected chi connectivity index (χ3v) is 3.47. The molecule has 2 N–H and O–H groups in total. The summed E-state index contributed by atoms with van der Waals surface area (Å²) in [5, 5.41) is 30.1. The van der Waals surface area contributed by atoms with Gasteiger partial charge in [-0.15, -0.1) is 0 Å². The number of nitro benzene ring substituents is 1. The first kappa shape index (κ1) is 13.8. The van der Waals surface area contributed by atoms with E-state index in [0.717, 1.165) is 25.1 Å². The van der Waals surface area contributed by atoms with Crippen LogP contribution in [0.1, 0.15) is 25.3 Å². The molecule has 19 heavy (non-hydrogen) atoms. The van der Waals surface area contributed by atoms with Gasteiger partial charge in [0.15, 0.2) is 0 Å². The van der Waals surface area contributed by atoms with Crippen molar-refractivity contribution in [1.82, 2.24) is 0 Å². The fraction of sp³-hybridized carbons (Fsp3) is 0.538. The van der Waals surface area contributed by atoms with Gasteiger partial charge in [-0.25, -0.2) is 0 Å². The Morgan fingerprint density at radius 1 is 1.53 bits per heavy atom. The van der Waals surface area contributed by atoms with Crippen LogP contribution >= 0.6 is 0 Å². The molecule has 1 fully saturated rings. The van der Waals surface area contributed by atoms with Gasteiger partial charge in [-0.05, 0) is 31.9 Å². The summed E-state index contributed by atoms with van der Waals surface area (Å²) in [6.07, 6.45) is 1.63. The zero-order valence-corrected chi connectivity index (χ0v) is 10.9. The molecular weight excluding hydrogens is 248 g/mol. The Balaban J connectivity index is 2.28. The van der Waals surface area contributed by atoms with E-state index < -0.39 is 10.5 Å². The number of piperidine rings is 1. The van der Waals surface area contributed by atoms with Crippen LogP contribution in [-0.2, 0) is 6.61 Å². The minimum absolute atomic E-state index is 0.0741. The highest BCUT2D eigenvalue weighted by Crippen LogP contribution is 2.29. The van der Waals surface area contributed by atoms with Gasteiger partial charge in [0, 0.05) is 24.8 Å². The van der Waals surface area contributed by atoms with E-state index in [-0.39, 0.29) is 12.3 Å². The lowest BCUT2D eigenvalue weighted by Crippen LogP contribution is -2.46. The summed E-state index contributed by atoms with van der Waals surface area (Å²) in [6.45, 7) is 2.72. The number of aliphatic hydroxyl groups excluding tert-OH is 1. The highest BCUT2D eigenvalue weighted by Gasteiger charge is 2.29. The lowest BCUT2D eigenvalue weighted by atomic mass is 9.94. The van der Waals surface area contributed by atoms with E-state index in [1.165, 1.54) is 6.07 Å². The van der Waals surface area contributed by atoms with Gasteiger partial charge in [-0.1, -0.05) is 0 Å². The molecule has 6 heteroatoms. The number of benzene rings is 1. The highest BCUT2D eigenvalue weighted by molar-refractivity contribution is 5.56. The molecule has 1 heterocycles. The van der Waals surface area contributed by atoms with Crippen molar-refractivity contribution in [2.45, 2.75) is 32.0 Å². The second kappa shape index (κ2) is 5.14. The van der Waals surface area contributed by atoms with Gasteiger partial charge in [0.1, 0.15) is 0 Å². The number of aliphatic hydroxyl groups is 2. The van der Waals surface area contributed by atoms with Crippen LogP contribution in [0.25, 0.3) is 0 Å². The number of β-amino-alcohol motifs (C(OH)–C–C–N with tert-alkyl or cyclic N) is 1. The lowest BCUT2D eigenvalue weighted by Gasteiger charge is -2.38. The van der Waals surface area contributed by atoms with Crippen molar-refractivity contribution in [2.75, 3.05) is 18.0 Å². The van der Waals surface area contributed by atoms with E-state index in [9.17, 15) is 20.3 Å². The molecular formula is C13H18N2O4. The van der Waals surface area contributed by atoms with E-state index in [4.69, 9.17) is 0 Å². The second-order valence-corrected chi connectivity index (χ2v) is 5.25. The molecule has 1 saturated heterocycles. The van der Waals surface area contributed by atoms with Crippen LogP contribution in [-0.4, -0.2) is 33.8 Å². The molecule has 1 aliphatic heterocycles. The summed E-state index contributed by atoms with van der Waals surface area (Å²) in [5.74, 6) is 0. The smallest absolute Gasteiger partial charge is 0.275 e. The van der Waals surface area contributed by atoms with Crippen molar-refractivity contribution in [3.63, 3.8) is 0 Å². The average molecular weight is 266 g/mol. The molecule has 0 spiro atoms. The molecule has 0 aromatic heterocycles. The summed E-state index contributed by atoms with van der Waals surface area (Å²) in [4.78, 5) is 12.3. The van der Waals surface area contributed by atoms with Crippen molar-refractivity contribution in [2.24, 2.45) is 0 Å². The van der Waals surface area contributed by atoms with Crippen molar-refractivity contribution in [3.05, 3.63) is 33.9 Å². The second-order valence-electron chi connectivity index (χ2n) is 5.25. The zero-order chi connectivity index (χ0) is 14.0. The largest absolute Gasteiger partial charge is 0.391 e. The molecule has 104 valence electrons. The molecule has 0 amide bonds. The van der Waals surface area contributed by atoms with Gasteiger partial charge in [0.05, 0.1) is 22.7 Å². The number of anilines is 1. The predicted molar refractivity (Wildman–Crippen MR) is 71.1 cm³/mol. The molecule has 0 aliphatic carbocycles. The van der Waals surface area contributed by atoms with Crippen LogP contribution in [0, 0.1) is 10.1 Å². The summed E-state index contributed by atoms with van der Waals surface area (Å²) in [7, 11) is 0. The Morgan fingerprint density at radius 3 is 2.84 bits per heavy atom. The number of hydrogen-bond donors (Lipinski definition) is 2. The first-order chi connectivity index (χ1) is 8.93.